The van der Waals surface area contributed by atoms with Crippen molar-refractivity contribution in [1.82, 2.24) is 20.3 Å². The van der Waals surface area contributed by atoms with Gasteiger partial charge in [-0.3, -0.25) is 10.00 Å². The Kier molecular flexibility index (Phi) is 4.14. The molecular formula is C10H16N4. The van der Waals surface area contributed by atoms with Crippen LogP contribution in [0.5, 0.6) is 0 Å². The molecule has 0 bridgehead atoms. The normalized spacial score (nSPS) is 12.4. The summed E-state index contributed by atoms with van der Waals surface area (Å²) in [5, 5.41) is 10.9. The summed E-state index contributed by atoms with van der Waals surface area (Å²) in [5.74, 6) is 2.72. The predicted octanol–water partition coefficient (Wildman–Crippen LogP) is 0.707. The fraction of sp³-hybridized carbons (Fsp3) is 0.600. The number of aromatic nitrogens is 3. The number of aryl methyl sites for hydroxylation is 1. The van der Waals surface area contributed by atoms with E-state index in [4.69, 9.17) is 6.42 Å². The number of nitrogens with one attached hydrogen (secondary N) is 1. The molecule has 0 amide bonds. The maximum absolute atomic E-state index is 5.39. The van der Waals surface area contributed by atoms with Crippen molar-refractivity contribution in [3.63, 3.8) is 0 Å². The lowest BCUT2D eigenvalue weighted by Gasteiger charge is -2.11. The van der Waals surface area contributed by atoms with Crippen molar-refractivity contribution < 1.29 is 0 Å². The average Bonchev–Trinajstić information content (AvgIpc) is 2.59. The smallest absolute Gasteiger partial charge is 0.0738 e. The first-order chi connectivity index (χ1) is 6.77. The molecule has 1 unspecified atom stereocenters. The fourth-order valence-corrected chi connectivity index (χ4v) is 1.23. The van der Waals surface area contributed by atoms with Gasteiger partial charge in [0.25, 0.3) is 0 Å². The lowest BCUT2D eigenvalue weighted by Crippen LogP contribution is -2.27. The van der Waals surface area contributed by atoms with E-state index in [9.17, 15) is 0 Å². The van der Waals surface area contributed by atoms with Crippen LogP contribution in [0.1, 0.15) is 25.5 Å². The molecule has 0 radical (unpaired) electrons. The van der Waals surface area contributed by atoms with Crippen molar-refractivity contribution in [3.8, 4) is 12.3 Å². The van der Waals surface area contributed by atoms with Crippen LogP contribution in [-0.4, -0.2) is 21.0 Å². The van der Waals surface area contributed by atoms with Crippen LogP contribution in [0.3, 0.4) is 0 Å². The third-order valence-electron chi connectivity index (χ3n) is 2.12. The summed E-state index contributed by atoms with van der Waals surface area (Å²) in [7, 11) is 1.87. The first-order valence-electron chi connectivity index (χ1n) is 4.81. The van der Waals surface area contributed by atoms with Gasteiger partial charge in [0.1, 0.15) is 0 Å². The number of hydrogen-bond donors (Lipinski definition) is 1. The molecule has 1 atom stereocenters. The van der Waals surface area contributed by atoms with Gasteiger partial charge in [0.2, 0.25) is 0 Å². The number of rotatable bonds is 5. The van der Waals surface area contributed by atoms with Crippen LogP contribution < -0.4 is 5.32 Å². The summed E-state index contributed by atoms with van der Waals surface area (Å²) in [6.07, 6.45) is 9.22. The predicted molar refractivity (Wildman–Crippen MR) is 55.4 cm³/mol. The Morgan fingerprint density at radius 1 is 1.71 bits per heavy atom. The van der Waals surface area contributed by atoms with Crippen LogP contribution in [0.25, 0.3) is 0 Å². The largest absolute Gasteiger partial charge is 0.298 e. The SMILES string of the molecule is C#CC(CCC)NCc1cnnn1C. The molecular weight excluding hydrogens is 176 g/mol. The van der Waals surface area contributed by atoms with E-state index in [0.717, 1.165) is 25.1 Å². The number of terminal acetylenes is 1. The summed E-state index contributed by atoms with van der Waals surface area (Å²) in [5.41, 5.74) is 1.04. The van der Waals surface area contributed by atoms with Crippen molar-refractivity contribution in [2.75, 3.05) is 0 Å². The molecule has 0 aliphatic carbocycles. The molecule has 0 aliphatic rings. The zero-order valence-corrected chi connectivity index (χ0v) is 8.70. The highest BCUT2D eigenvalue weighted by Crippen LogP contribution is 1.98. The van der Waals surface area contributed by atoms with E-state index in [-0.39, 0.29) is 6.04 Å². The van der Waals surface area contributed by atoms with Gasteiger partial charge in [0.05, 0.1) is 17.9 Å². The summed E-state index contributed by atoms with van der Waals surface area (Å²) in [4.78, 5) is 0. The average molecular weight is 192 g/mol. The molecule has 1 heterocycles. The third-order valence-corrected chi connectivity index (χ3v) is 2.12. The van der Waals surface area contributed by atoms with Gasteiger partial charge >= 0.3 is 0 Å². The van der Waals surface area contributed by atoms with E-state index in [1.807, 2.05) is 7.05 Å². The first kappa shape index (κ1) is 10.7. The fourth-order valence-electron chi connectivity index (χ4n) is 1.23. The van der Waals surface area contributed by atoms with Crippen LogP contribution in [0.4, 0.5) is 0 Å². The topological polar surface area (TPSA) is 42.7 Å². The summed E-state index contributed by atoms with van der Waals surface area (Å²) >= 11 is 0. The van der Waals surface area contributed by atoms with E-state index in [1.54, 1.807) is 10.9 Å². The molecule has 1 N–H and O–H groups in total. The number of hydrogen-bond acceptors (Lipinski definition) is 3. The van der Waals surface area contributed by atoms with E-state index >= 15 is 0 Å². The minimum absolute atomic E-state index is 0.148. The molecule has 0 fully saturated rings. The molecule has 0 saturated carbocycles. The Morgan fingerprint density at radius 3 is 3.00 bits per heavy atom. The second kappa shape index (κ2) is 5.40. The summed E-state index contributed by atoms with van der Waals surface area (Å²) in [6.45, 7) is 2.84. The highest BCUT2D eigenvalue weighted by Gasteiger charge is 2.04. The van der Waals surface area contributed by atoms with Crippen molar-refractivity contribution in [1.29, 1.82) is 0 Å². The van der Waals surface area contributed by atoms with Gasteiger partial charge in [-0.1, -0.05) is 24.5 Å². The second-order valence-corrected chi connectivity index (χ2v) is 3.24. The van der Waals surface area contributed by atoms with Gasteiger partial charge in [-0.2, -0.15) is 0 Å². The Morgan fingerprint density at radius 2 is 2.50 bits per heavy atom. The van der Waals surface area contributed by atoms with E-state index < -0.39 is 0 Å². The lowest BCUT2D eigenvalue weighted by atomic mass is 10.2. The minimum atomic E-state index is 0.148. The Labute approximate surface area is 84.7 Å². The van der Waals surface area contributed by atoms with E-state index in [0.29, 0.717) is 0 Å². The van der Waals surface area contributed by atoms with Crippen LogP contribution >= 0.6 is 0 Å². The first-order valence-corrected chi connectivity index (χ1v) is 4.81. The maximum atomic E-state index is 5.39. The molecule has 1 rings (SSSR count). The molecule has 14 heavy (non-hydrogen) atoms. The van der Waals surface area contributed by atoms with Gasteiger partial charge in [0.15, 0.2) is 0 Å². The third kappa shape index (κ3) is 2.86. The highest BCUT2D eigenvalue weighted by molar-refractivity contribution is 5.01. The van der Waals surface area contributed by atoms with Crippen LogP contribution in [-0.2, 0) is 13.6 Å². The Bertz CT molecular complexity index is 310. The molecule has 0 spiro atoms. The van der Waals surface area contributed by atoms with Crippen molar-refractivity contribution in [2.24, 2.45) is 7.05 Å². The van der Waals surface area contributed by atoms with Gasteiger partial charge in [0, 0.05) is 13.6 Å². The molecule has 0 saturated heterocycles. The summed E-state index contributed by atoms with van der Waals surface area (Å²) < 4.78 is 1.74. The zero-order chi connectivity index (χ0) is 10.4. The Balaban J connectivity index is 2.40. The number of nitrogens with zero attached hydrogens (tertiary/aromatic N) is 3. The quantitative estimate of drug-likeness (QED) is 0.699. The van der Waals surface area contributed by atoms with Crippen LogP contribution in [0, 0.1) is 12.3 Å². The van der Waals surface area contributed by atoms with Gasteiger partial charge in [-0.05, 0) is 6.42 Å². The van der Waals surface area contributed by atoms with Crippen LogP contribution in [0.2, 0.25) is 0 Å². The van der Waals surface area contributed by atoms with Crippen molar-refractivity contribution >= 4 is 0 Å². The molecule has 4 heteroatoms. The van der Waals surface area contributed by atoms with E-state index in [2.05, 4.69) is 28.5 Å². The van der Waals surface area contributed by atoms with Crippen molar-refractivity contribution in [2.45, 2.75) is 32.4 Å². The van der Waals surface area contributed by atoms with Gasteiger partial charge in [-0.15, -0.1) is 11.5 Å². The highest BCUT2D eigenvalue weighted by atomic mass is 15.4. The second-order valence-electron chi connectivity index (χ2n) is 3.24. The Hall–Kier alpha value is -1.34. The van der Waals surface area contributed by atoms with Gasteiger partial charge in [-0.25, -0.2) is 0 Å². The zero-order valence-electron chi connectivity index (χ0n) is 8.70. The lowest BCUT2D eigenvalue weighted by molar-refractivity contribution is 0.540. The molecule has 76 valence electrons. The van der Waals surface area contributed by atoms with Crippen LogP contribution in [0.15, 0.2) is 6.20 Å². The standard InChI is InChI=1S/C10H16N4/c1-4-6-9(5-2)11-7-10-8-12-13-14(10)3/h2,8-9,11H,4,6-7H2,1,3H3. The molecule has 0 aliphatic heterocycles. The molecule has 4 nitrogen and oxygen atoms in total. The van der Waals surface area contributed by atoms with Crippen molar-refractivity contribution in [3.05, 3.63) is 11.9 Å². The monoisotopic (exact) mass is 192 g/mol. The molecule has 0 aromatic carbocycles. The maximum Gasteiger partial charge on any atom is 0.0738 e. The molecule has 1 aromatic heterocycles. The summed E-state index contributed by atoms with van der Waals surface area (Å²) in [6, 6.07) is 0.148. The van der Waals surface area contributed by atoms with E-state index in [1.165, 1.54) is 0 Å². The molecule has 1 aromatic rings. The minimum Gasteiger partial charge on any atom is -0.298 e. The van der Waals surface area contributed by atoms with Gasteiger partial charge < -0.3 is 0 Å².